The Bertz CT molecular complexity index is 150. The molecule has 10 heavy (non-hydrogen) atoms. The first-order valence-corrected chi connectivity index (χ1v) is 3.08. The average Bonchev–Trinajstić information content (AvgIpc) is 2.11. The van der Waals surface area contributed by atoms with Gasteiger partial charge in [-0.3, -0.25) is 4.79 Å². The van der Waals surface area contributed by atoms with Crippen molar-refractivity contribution in [2.45, 2.75) is 25.4 Å². The van der Waals surface area contributed by atoms with E-state index < -0.39 is 12.1 Å². The molecule has 58 valence electrons. The lowest BCUT2D eigenvalue weighted by atomic mass is 10.1. The topological polar surface area (TPSA) is 17.1 Å². The predicted molar refractivity (Wildman–Crippen MR) is 28.4 cm³/mol. The number of Topliss-reactive ketones (excluding diaryl/α,β-unsaturated/α-hetero) is 1. The summed E-state index contributed by atoms with van der Waals surface area (Å²) in [5, 5.41) is 0. The number of carbonyl (C=O) groups excluding carboxylic acids is 1. The van der Waals surface area contributed by atoms with Crippen molar-refractivity contribution in [2.75, 3.05) is 0 Å². The molecule has 4 heteroatoms. The molecular formula is C6H7F3O. The van der Waals surface area contributed by atoms with Gasteiger partial charge in [0, 0.05) is 12.8 Å². The van der Waals surface area contributed by atoms with E-state index in [4.69, 9.17) is 0 Å². The van der Waals surface area contributed by atoms with Crippen LogP contribution in [-0.2, 0) is 4.79 Å². The van der Waals surface area contributed by atoms with Crippen LogP contribution in [0, 0.1) is 5.92 Å². The monoisotopic (exact) mass is 152 g/mol. The van der Waals surface area contributed by atoms with Gasteiger partial charge < -0.3 is 0 Å². The first kappa shape index (κ1) is 7.57. The highest BCUT2D eigenvalue weighted by atomic mass is 19.4. The van der Waals surface area contributed by atoms with E-state index in [0.29, 0.717) is 0 Å². The van der Waals surface area contributed by atoms with Crippen molar-refractivity contribution < 1.29 is 18.0 Å². The second-order valence-electron chi connectivity index (χ2n) is 2.52. The summed E-state index contributed by atoms with van der Waals surface area (Å²) in [4.78, 5) is 10.4. The minimum atomic E-state index is -4.16. The average molecular weight is 152 g/mol. The molecule has 0 heterocycles. The van der Waals surface area contributed by atoms with Crippen molar-refractivity contribution >= 4 is 5.78 Å². The molecule has 1 atom stereocenters. The lowest BCUT2D eigenvalue weighted by Crippen LogP contribution is -2.19. The van der Waals surface area contributed by atoms with Crippen LogP contribution in [0.3, 0.4) is 0 Å². The molecule has 0 aromatic carbocycles. The summed E-state index contributed by atoms with van der Waals surface area (Å²) in [6.07, 6.45) is -4.37. The van der Waals surface area contributed by atoms with Crippen LogP contribution in [0.1, 0.15) is 19.3 Å². The Hall–Kier alpha value is -0.540. The van der Waals surface area contributed by atoms with Crippen molar-refractivity contribution in [2.24, 2.45) is 5.92 Å². The number of halogens is 3. The largest absolute Gasteiger partial charge is 0.392 e. The SMILES string of the molecule is O=C1CCC(C(F)(F)F)C1. The molecule has 0 radical (unpaired) electrons. The Balaban J connectivity index is 2.53. The van der Waals surface area contributed by atoms with E-state index in [0.717, 1.165) is 0 Å². The second kappa shape index (κ2) is 2.25. The zero-order chi connectivity index (χ0) is 7.78. The van der Waals surface area contributed by atoms with E-state index in [1.54, 1.807) is 0 Å². The van der Waals surface area contributed by atoms with Crippen LogP contribution in [0.2, 0.25) is 0 Å². The number of ketones is 1. The van der Waals surface area contributed by atoms with E-state index in [1.165, 1.54) is 0 Å². The van der Waals surface area contributed by atoms with Gasteiger partial charge in [0.25, 0.3) is 0 Å². The molecule has 0 amide bonds. The van der Waals surface area contributed by atoms with Gasteiger partial charge in [-0.05, 0) is 6.42 Å². The smallest absolute Gasteiger partial charge is 0.300 e. The Morgan fingerprint density at radius 1 is 1.40 bits per heavy atom. The number of hydrogen-bond donors (Lipinski definition) is 0. The Morgan fingerprint density at radius 3 is 2.20 bits per heavy atom. The normalized spacial score (nSPS) is 27.5. The molecule has 0 aliphatic heterocycles. The molecule has 0 aromatic rings. The third-order valence-electron chi connectivity index (χ3n) is 1.71. The van der Waals surface area contributed by atoms with Gasteiger partial charge in [0.05, 0.1) is 5.92 Å². The van der Waals surface area contributed by atoms with Gasteiger partial charge in [0.2, 0.25) is 0 Å². The lowest BCUT2D eigenvalue weighted by molar-refractivity contribution is -0.173. The third-order valence-corrected chi connectivity index (χ3v) is 1.71. The summed E-state index contributed by atoms with van der Waals surface area (Å²) in [5.41, 5.74) is 0. The van der Waals surface area contributed by atoms with Gasteiger partial charge in [-0.25, -0.2) is 0 Å². The summed E-state index contributed by atoms with van der Waals surface area (Å²) >= 11 is 0. The maximum Gasteiger partial charge on any atom is 0.392 e. The van der Waals surface area contributed by atoms with Crippen LogP contribution >= 0.6 is 0 Å². The molecule has 1 fully saturated rings. The van der Waals surface area contributed by atoms with Crippen LogP contribution in [0.25, 0.3) is 0 Å². The van der Waals surface area contributed by atoms with Gasteiger partial charge in [-0.2, -0.15) is 13.2 Å². The van der Waals surface area contributed by atoms with Crippen molar-refractivity contribution in [3.63, 3.8) is 0 Å². The fraction of sp³-hybridized carbons (Fsp3) is 0.833. The van der Waals surface area contributed by atoms with Crippen molar-refractivity contribution in [3.05, 3.63) is 0 Å². The first-order chi connectivity index (χ1) is 4.50. The molecule has 0 aromatic heterocycles. The highest BCUT2D eigenvalue weighted by Gasteiger charge is 2.43. The predicted octanol–water partition coefficient (Wildman–Crippen LogP) is 1.92. The van der Waals surface area contributed by atoms with Gasteiger partial charge in [-0.15, -0.1) is 0 Å². The third kappa shape index (κ3) is 1.49. The Kier molecular flexibility index (Phi) is 1.70. The molecule has 1 unspecified atom stereocenters. The summed E-state index contributed by atoms with van der Waals surface area (Å²) in [7, 11) is 0. The Morgan fingerprint density at radius 2 is 2.00 bits per heavy atom. The van der Waals surface area contributed by atoms with E-state index >= 15 is 0 Å². The first-order valence-electron chi connectivity index (χ1n) is 3.08. The van der Waals surface area contributed by atoms with Crippen molar-refractivity contribution in [1.29, 1.82) is 0 Å². The van der Waals surface area contributed by atoms with Crippen molar-refractivity contribution in [1.82, 2.24) is 0 Å². The molecule has 1 aliphatic carbocycles. The molecular weight excluding hydrogens is 145 g/mol. The van der Waals surface area contributed by atoms with Gasteiger partial charge in [0.15, 0.2) is 0 Å². The highest BCUT2D eigenvalue weighted by molar-refractivity contribution is 5.80. The maximum atomic E-state index is 11.8. The number of hydrogen-bond acceptors (Lipinski definition) is 1. The van der Waals surface area contributed by atoms with Crippen LogP contribution in [-0.4, -0.2) is 12.0 Å². The minimum absolute atomic E-state index is 0.0116. The highest BCUT2D eigenvalue weighted by Crippen LogP contribution is 2.36. The van der Waals surface area contributed by atoms with E-state index in [2.05, 4.69) is 0 Å². The van der Waals surface area contributed by atoms with Crippen LogP contribution in [0.4, 0.5) is 13.2 Å². The molecule has 1 saturated carbocycles. The molecule has 0 saturated heterocycles. The second-order valence-corrected chi connectivity index (χ2v) is 2.52. The van der Waals surface area contributed by atoms with E-state index in [-0.39, 0.29) is 25.0 Å². The van der Waals surface area contributed by atoms with Crippen molar-refractivity contribution in [3.8, 4) is 0 Å². The Labute approximate surface area is 56.2 Å². The standard InChI is InChI=1S/C6H7F3O/c7-6(8,9)4-1-2-5(10)3-4/h4H,1-3H2. The summed E-state index contributed by atoms with van der Waals surface area (Å²) in [6, 6.07) is 0. The zero-order valence-electron chi connectivity index (χ0n) is 5.24. The summed E-state index contributed by atoms with van der Waals surface area (Å²) < 4.78 is 35.3. The molecule has 0 N–H and O–H groups in total. The minimum Gasteiger partial charge on any atom is -0.300 e. The van der Waals surface area contributed by atoms with Gasteiger partial charge >= 0.3 is 6.18 Å². The lowest BCUT2D eigenvalue weighted by Gasteiger charge is -2.11. The van der Waals surface area contributed by atoms with E-state index in [1.807, 2.05) is 0 Å². The van der Waals surface area contributed by atoms with Crippen LogP contribution in [0.15, 0.2) is 0 Å². The summed E-state index contributed by atoms with van der Waals surface area (Å²) in [5.74, 6) is -1.62. The fourth-order valence-electron chi connectivity index (χ4n) is 1.09. The van der Waals surface area contributed by atoms with Crippen LogP contribution < -0.4 is 0 Å². The quantitative estimate of drug-likeness (QED) is 0.518. The number of carbonyl (C=O) groups is 1. The molecule has 1 nitrogen and oxygen atoms in total. The zero-order valence-corrected chi connectivity index (χ0v) is 5.24. The number of alkyl halides is 3. The van der Waals surface area contributed by atoms with Crippen LogP contribution in [0.5, 0.6) is 0 Å². The molecule has 0 spiro atoms. The maximum absolute atomic E-state index is 11.8. The molecule has 1 aliphatic rings. The molecule has 1 rings (SSSR count). The van der Waals surface area contributed by atoms with Gasteiger partial charge in [0.1, 0.15) is 5.78 Å². The number of rotatable bonds is 0. The van der Waals surface area contributed by atoms with E-state index in [9.17, 15) is 18.0 Å². The summed E-state index contributed by atoms with van der Waals surface area (Å²) in [6.45, 7) is 0. The van der Waals surface area contributed by atoms with Gasteiger partial charge in [-0.1, -0.05) is 0 Å². The molecule has 0 bridgehead atoms. The fourth-order valence-corrected chi connectivity index (χ4v) is 1.09.